The molecular weight excluding hydrogens is 716 g/mol. The molecule has 1 amide bonds. The Hall–Kier alpha value is -5.11. The molecule has 0 bridgehead atoms. The van der Waals surface area contributed by atoms with Crippen LogP contribution < -0.4 is 5.32 Å². The number of nitrogens with zero attached hydrogens (tertiary/aromatic N) is 6. The molecule has 270 valence electrons. The number of nitrogens with one attached hydrogen (secondary N) is 1. The molecule has 0 saturated heterocycles. The Kier molecular flexibility index (Phi) is 12.1. The predicted octanol–water partition coefficient (Wildman–Crippen LogP) is 6.26. The highest BCUT2D eigenvalue weighted by atomic mass is 35.5. The summed E-state index contributed by atoms with van der Waals surface area (Å²) in [6, 6.07) is 16.7. The van der Waals surface area contributed by atoms with Gasteiger partial charge in [0.25, 0.3) is 0 Å². The van der Waals surface area contributed by atoms with E-state index in [1.165, 1.54) is 30.1 Å². The summed E-state index contributed by atoms with van der Waals surface area (Å²) in [5.41, 5.74) is 0.282. The summed E-state index contributed by atoms with van der Waals surface area (Å²) in [4.78, 5) is 35.5. The number of hydrogen-bond acceptors (Lipinski definition) is 11. The Morgan fingerprint density at radius 3 is 2.60 bits per heavy atom. The fourth-order valence-electron chi connectivity index (χ4n) is 5.57. The number of aliphatic hydroxyl groups is 1. The van der Waals surface area contributed by atoms with E-state index in [0.717, 1.165) is 11.6 Å². The van der Waals surface area contributed by atoms with Crippen molar-refractivity contribution in [1.29, 1.82) is 5.26 Å². The smallest absolute Gasteiger partial charge is 0.411 e. The van der Waals surface area contributed by atoms with E-state index in [-0.39, 0.29) is 49.1 Å². The summed E-state index contributed by atoms with van der Waals surface area (Å²) in [7, 11) is 3.45. The second-order valence-electron chi connectivity index (χ2n) is 12.3. The summed E-state index contributed by atoms with van der Waals surface area (Å²) in [5, 5.41) is 31.2. The lowest BCUT2D eigenvalue weighted by molar-refractivity contribution is -0.848. The standard InChI is InChI=1S/C36H34ClF2N7O5S/c1-23(34-43-32(19-52-34)25-9-7-24(16-40)8-10-25)36(49,28-12-11-26(38)15-30(28)39)20-46(22-41-21-42-46)13-14-50-35(48)44-31-6-4-5-29(37)27(31)18-51-33(47)17-45(2)3/h4-12,15,19,21-23,49H,13-14,17-18,20H2,1-3H3/p+1/t23-,36+,46?/m0/s1. The molecule has 2 heterocycles. The molecule has 5 rings (SSSR count). The average Bonchev–Trinajstić information content (AvgIpc) is 3.78. The molecule has 3 aromatic carbocycles. The zero-order chi connectivity index (χ0) is 37.5. The minimum absolute atomic E-state index is 0.0236. The van der Waals surface area contributed by atoms with Gasteiger partial charge in [-0.05, 0) is 44.4 Å². The van der Waals surface area contributed by atoms with Crippen molar-refractivity contribution in [2.75, 3.05) is 45.7 Å². The van der Waals surface area contributed by atoms with E-state index in [9.17, 15) is 19.1 Å². The van der Waals surface area contributed by atoms with E-state index in [2.05, 4.69) is 21.5 Å². The van der Waals surface area contributed by atoms with E-state index in [0.29, 0.717) is 27.9 Å². The topological polar surface area (TPSA) is 150 Å². The van der Waals surface area contributed by atoms with Crippen LogP contribution in [0.2, 0.25) is 5.02 Å². The van der Waals surface area contributed by atoms with Gasteiger partial charge in [0.2, 0.25) is 6.34 Å². The highest BCUT2D eigenvalue weighted by molar-refractivity contribution is 7.10. The fraction of sp³-hybridized carbons (Fsp3) is 0.278. The third-order valence-electron chi connectivity index (χ3n) is 8.35. The van der Waals surface area contributed by atoms with Gasteiger partial charge < -0.3 is 14.6 Å². The van der Waals surface area contributed by atoms with Crippen molar-refractivity contribution in [3.63, 3.8) is 0 Å². The monoisotopic (exact) mass is 750 g/mol. The molecule has 1 unspecified atom stereocenters. The first-order chi connectivity index (χ1) is 24.8. The summed E-state index contributed by atoms with van der Waals surface area (Å²) in [6.07, 6.45) is 1.86. The maximum absolute atomic E-state index is 15.5. The molecule has 1 aliphatic heterocycles. The van der Waals surface area contributed by atoms with Crippen molar-refractivity contribution in [2.45, 2.75) is 25.0 Å². The van der Waals surface area contributed by atoms with Crippen LogP contribution in [0.4, 0.5) is 19.3 Å². The molecule has 52 heavy (non-hydrogen) atoms. The number of quaternary nitrogens is 1. The Balaban J connectivity index is 1.34. The van der Waals surface area contributed by atoms with Crippen LogP contribution in [0.5, 0.6) is 0 Å². The van der Waals surface area contributed by atoms with E-state index in [1.807, 2.05) is 0 Å². The third-order valence-corrected chi connectivity index (χ3v) is 9.73. The van der Waals surface area contributed by atoms with Crippen molar-refractivity contribution in [1.82, 2.24) is 9.88 Å². The van der Waals surface area contributed by atoms with Gasteiger partial charge in [-0.2, -0.15) is 10.3 Å². The normalized spacial score (nSPS) is 16.7. The number of esters is 1. The lowest BCUT2D eigenvalue weighted by Crippen LogP contribution is -2.54. The van der Waals surface area contributed by atoms with Crippen molar-refractivity contribution in [3.05, 3.63) is 104 Å². The van der Waals surface area contributed by atoms with Crippen LogP contribution in [0.15, 0.2) is 76.1 Å². The highest BCUT2D eigenvalue weighted by Gasteiger charge is 2.49. The Morgan fingerprint density at radius 2 is 1.92 bits per heavy atom. The quantitative estimate of drug-likeness (QED) is 0.113. The van der Waals surface area contributed by atoms with Crippen LogP contribution in [-0.2, 0) is 26.5 Å². The fourth-order valence-corrected chi connectivity index (χ4v) is 6.77. The van der Waals surface area contributed by atoms with Gasteiger partial charge in [-0.3, -0.25) is 15.0 Å². The van der Waals surface area contributed by atoms with Gasteiger partial charge in [-0.1, -0.05) is 47.9 Å². The van der Waals surface area contributed by atoms with Gasteiger partial charge >= 0.3 is 12.1 Å². The molecule has 16 heteroatoms. The highest BCUT2D eigenvalue weighted by Crippen LogP contribution is 2.42. The molecule has 0 spiro atoms. The number of nitriles is 1. The predicted molar refractivity (Wildman–Crippen MR) is 193 cm³/mol. The maximum Gasteiger partial charge on any atom is 0.411 e. The number of rotatable bonds is 14. The average molecular weight is 751 g/mol. The molecule has 1 aromatic heterocycles. The Labute approximate surface area is 307 Å². The summed E-state index contributed by atoms with van der Waals surface area (Å²) in [6.45, 7) is 1.03. The maximum atomic E-state index is 15.5. The summed E-state index contributed by atoms with van der Waals surface area (Å²) < 4.78 is 40.0. The van der Waals surface area contributed by atoms with Gasteiger partial charge in [-0.25, -0.2) is 18.6 Å². The van der Waals surface area contributed by atoms with Gasteiger partial charge in [0.15, 0.2) is 11.9 Å². The van der Waals surface area contributed by atoms with E-state index < -0.39 is 39.8 Å². The lowest BCUT2D eigenvalue weighted by Gasteiger charge is -2.38. The largest absolute Gasteiger partial charge is 0.460 e. The zero-order valence-electron chi connectivity index (χ0n) is 28.4. The summed E-state index contributed by atoms with van der Waals surface area (Å²) in [5.74, 6) is -3.10. The minimum Gasteiger partial charge on any atom is -0.460 e. The van der Waals surface area contributed by atoms with E-state index in [4.69, 9.17) is 31.3 Å². The van der Waals surface area contributed by atoms with Crippen LogP contribution in [0.1, 0.15) is 34.5 Å². The number of thiazole rings is 1. The van der Waals surface area contributed by atoms with Crippen LogP contribution in [0, 0.1) is 23.0 Å². The van der Waals surface area contributed by atoms with Crippen molar-refractivity contribution in [3.8, 4) is 17.3 Å². The molecular formula is C36H35ClF2N7O5S+. The van der Waals surface area contributed by atoms with Crippen LogP contribution >= 0.6 is 22.9 Å². The van der Waals surface area contributed by atoms with Gasteiger partial charge in [0.1, 0.15) is 37.9 Å². The SMILES string of the molecule is C[C@@H](c1nc(-c2ccc(C#N)cc2)cs1)[C@](O)(C[N+]1(CCOC(=O)Nc2cccc(Cl)c2COC(=O)CN(C)C)C=NC=N1)c1ccc(F)cc1F. The molecule has 12 nitrogen and oxygen atoms in total. The first kappa shape index (κ1) is 38.1. The summed E-state index contributed by atoms with van der Waals surface area (Å²) >= 11 is 7.60. The van der Waals surface area contributed by atoms with Crippen LogP contribution in [-0.4, -0.2) is 84.7 Å². The van der Waals surface area contributed by atoms with Crippen molar-refractivity contribution >= 4 is 53.4 Å². The number of carbonyl (C=O) groups is 2. The number of aromatic nitrogens is 1. The Morgan fingerprint density at radius 1 is 1.15 bits per heavy atom. The number of anilines is 1. The number of aliphatic imine (C=N–C) groups is 1. The number of ether oxygens (including phenoxy) is 2. The molecule has 0 aliphatic carbocycles. The molecule has 0 saturated carbocycles. The second kappa shape index (κ2) is 16.5. The molecule has 2 N–H and O–H groups in total. The number of hydrogen-bond donors (Lipinski definition) is 2. The lowest BCUT2D eigenvalue weighted by atomic mass is 9.81. The van der Waals surface area contributed by atoms with Crippen molar-refractivity contribution < 1.29 is 37.5 Å². The molecule has 3 atom stereocenters. The van der Waals surface area contributed by atoms with Crippen molar-refractivity contribution in [2.24, 2.45) is 10.1 Å². The van der Waals surface area contributed by atoms with E-state index >= 15 is 4.39 Å². The Bertz CT molecular complexity index is 2020. The molecule has 1 aliphatic rings. The number of carbonyl (C=O) groups excluding carboxylic acids is 2. The number of amides is 1. The third kappa shape index (κ3) is 9.02. The number of halogens is 3. The second-order valence-corrected chi connectivity index (χ2v) is 13.6. The van der Waals surface area contributed by atoms with E-state index in [1.54, 1.807) is 73.8 Å². The first-order valence-corrected chi connectivity index (χ1v) is 17.2. The first-order valence-electron chi connectivity index (χ1n) is 15.9. The zero-order valence-corrected chi connectivity index (χ0v) is 30.0. The molecule has 0 fully saturated rings. The van der Waals surface area contributed by atoms with Gasteiger partial charge in [-0.15, -0.1) is 15.9 Å². The minimum atomic E-state index is -2.02. The van der Waals surface area contributed by atoms with Gasteiger partial charge in [0, 0.05) is 39.1 Å². The molecule has 4 aromatic rings. The number of benzene rings is 3. The van der Waals surface area contributed by atoms with Gasteiger partial charge in [0.05, 0.1) is 34.6 Å². The van der Waals surface area contributed by atoms with Crippen LogP contribution in [0.25, 0.3) is 11.3 Å². The molecule has 0 radical (unpaired) electrons. The number of likely N-dealkylation sites (N-methyl/N-ethyl adjacent to an activating group) is 1. The van der Waals surface area contributed by atoms with Crippen LogP contribution in [0.3, 0.4) is 0 Å².